The van der Waals surface area contributed by atoms with Gasteiger partial charge in [-0.3, -0.25) is 9.69 Å². The van der Waals surface area contributed by atoms with Crippen LogP contribution < -0.4 is 5.73 Å². The van der Waals surface area contributed by atoms with Crippen LogP contribution in [0, 0.1) is 133 Å². The number of aryl methyl sites for hydroxylation is 1. The number of esters is 2. The summed E-state index contributed by atoms with van der Waals surface area (Å²) in [7, 11) is 0. The van der Waals surface area contributed by atoms with Crippen molar-refractivity contribution in [2.45, 2.75) is 256 Å². The Labute approximate surface area is 550 Å². The van der Waals surface area contributed by atoms with Crippen LogP contribution in [-0.4, -0.2) is 64.6 Å². The number of carbonyl (C=O) groups excluding carboxylic acids is 2. The molecule has 7 spiro atoms. The van der Waals surface area contributed by atoms with Crippen LogP contribution >= 0.6 is 0 Å². The minimum absolute atomic E-state index is 0.0786. The highest BCUT2D eigenvalue weighted by Crippen LogP contribution is 2.89. The molecule has 0 amide bonds. The van der Waals surface area contributed by atoms with Gasteiger partial charge in [0.05, 0.1) is 11.0 Å². The minimum atomic E-state index is -1.20. The molecular formula is C84H107N3O5. The van der Waals surface area contributed by atoms with Gasteiger partial charge in [0, 0.05) is 73.1 Å². The van der Waals surface area contributed by atoms with E-state index in [0.29, 0.717) is 119 Å². The van der Waals surface area contributed by atoms with Gasteiger partial charge in [0.2, 0.25) is 0 Å². The van der Waals surface area contributed by atoms with Gasteiger partial charge in [0.15, 0.2) is 11.4 Å². The van der Waals surface area contributed by atoms with Crippen LogP contribution in [-0.2, 0) is 26.3 Å². The number of ether oxygens (including phenoxy) is 2. The number of hydrogen-bond donors (Lipinski definition) is 2. The van der Waals surface area contributed by atoms with Gasteiger partial charge in [-0.2, -0.15) is 0 Å². The molecule has 8 saturated carbocycles. The van der Waals surface area contributed by atoms with E-state index in [2.05, 4.69) is 71.9 Å². The lowest BCUT2D eigenvalue weighted by atomic mass is 9.27. The standard InChI is InChI=1S/C84H107N3O5/c1-48-12-5-14-51-38-55-40-62-49(2)37-53-22-24-67-56-39-57-47-87(67)74(53)72(62)61-26-34-82-75(69(88)42-68-58-44-79(28-3-4-29-79)81(45-58)32-11-31-80(81)30-9-18-59(80)17-7-20-66(57)86(68)46-56)91-77(90)83(82,73(55)61)70(84(82)65-19-6-13-50(16-10-35-85)71(65)76(89)92-84)41-63(51)54-15-8-27-78(43-54)33-25-60-52(36-48)21-23-64(60)78/h6,13,19,21,23,38,48-49,52,54-60,62-64,66-68,70,72,88H,3-5,8-12,14-16,18,20,22,24-37,39-47,85H2,1-2H3. The molecule has 0 aromatic heterocycles. The van der Waals surface area contributed by atoms with E-state index >= 15 is 9.59 Å². The number of hydrogen-bond acceptors (Lipinski definition) is 8. The smallest absolute Gasteiger partial charge is 0.339 e. The number of aliphatic hydroxyl groups is 1. The van der Waals surface area contributed by atoms with Crippen LogP contribution in [0.4, 0.5) is 0 Å². The normalized spacial score (nSPS) is 50.5. The fourth-order valence-electron chi connectivity index (χ4n) is 32.1. The molecule has 92 heavy (non-hydrogen) atoms. The van der Waals surface area contributed by atoms with Crippen molar-refractivity contribution in [1.82, 2.24) is 9.80 Å². The molecule has 1 aromatic rings. The summed E-state index contributed by atoms with van der Waals surface area (Å²) in [6.45, 7) is 7.95. The summed E-state index contributed by atoms with van der Waals surface area (Å²) in [5, 5.41) is 14.7. The third kappa shape index (κ3) is 6.76. The predicted molar refractivity (Wildman–Crippen MR) is 357 cm³/mol. The largest absolute Gasteiger partial charge is 0.509 e. The van der Waals surface area contributed by atoms with Crippen LogP contribution in [0.15, 0.2) is 75.9 Å². The van der Waals surface area contributed by atoms with Crippen LogP contribution in [0.3, 0.4) is 0 Å². The Morgan fingerprint density at radius 2 is 1.64 bits per heavy atom. The zero-order valence-electron chi connectivity index (χ0n) is 56.1. The maximum absolute atomic E-state index is 17.5. The second-order valence-corrected chi connectivity index (χ2v) is 37.0. The number of nitrogens with two attached hydrogens (primary N) is 1. The quantitative estimate of drug-likeness (QED) is 0.175. The first-order valence-electron chi connectivity index (χ1n) is 39.5. The molecule has 1 aromatic carbocycles. The topological polar surface area (TPSA) is 105 Å². The number of piperidine rings is 2. The van der Waals surface area contributed by atoms with Crippen molar-refractivity contribution in [2.75, 3.05) is 19.6 Å². The van der Waals surface area contributed by atoms with Crippen molar-refractivity contribution in [3.63, 3.8) is 0 Å². The molecule has 21 rings (SSSR count). The molecule has 20 aliphatic rings. The van der Waals surface area contributed by atoms with E-state index < -0.39 is 16.4 Å². The fourth-order valence-corrected chi connectivity index (χ4v) is 32.1. The molecule has 7 aliphatic heterocycles. The molecule has 24 atom stereocenters. The maximum Gasteiger partial charge on any atom is 0.339 e. The first-order chi connectivity index (χ1) is 44.9. The molecule has 8 heteroatoms. The summed E-state index contributed by atoms with van der Waals surface area (Å²) in [4.78, 5) is 39.8. The highest BCUT2D eigenvalue weighted by atomic mass is 16.6. The summed E-state index contributed by atoms with van der Waals surface area (Å²) in [6.07, 6.45) is 48.2. The van der Waals surface area contributed by atoms with Crippen molar-refractivity contribution in [1.29, 1.82) is 0 Å². The third-order valence-corrected chi connectivity index (χ3v) is 34.5. The Hall–Kier alpha value is -4.06. The number of rotatable bonds is 3. The summed E-state index contributed by atoms with van der Waals surface area (Å²) in [6, 6.07) is 7.57. The van der Waals surface area contributed by atoms with Crippen LogP contribution in [0.5, 0.6) is 0 Å². The van der Waals surface area contributed by atoms with E-state index in [4.69, 9.17) is 15.2 Å². The molecule has 8 nitrogen and oxygen atoms in total. The Morgan fingerprint density at radius 1 is 0.761 bits per heavy atom. The van der Waals surface area contributed by atoms with Crippen molar-refractivity contribution in [2.24, 2.45) is 127 Å². The van der Waals surface area contributed by atoms with Gasteiger partial charge in [-0.05, 0) is 277 Å². The number of fused-ring (bicyclic) bond motifs is 11. The van der Waals surface area contributed by atoms with Crippen molar-refractivity contribution < 1.29 is 24.2 Å². The average molecular weight is 1240 g/mol. The van der Waals surface area contributed by atoms with Gasteiger partial charge in [0.1, 0.15) is 11.2 Å². The average Bonchev–Trinajstić information content (AvgIpc) is 1.29. The van der Waals surface area contributed by atoms with Crippen molar-refractivity contribution in [3.8, 4) is 11.8 Å². The van der Waals surface area contributed by atoms with Gasteiger partial charge >= 0.3 is 11.9 Å². The molecule has 3 saturated heterocycles. The van der Waals surface area contributed by atoms with Crippen LogP contribution in [0.1, 0.15) is 247 Å². The summed E-state index contributed by atoms with van der Waals surface area (Å²) in [5.74, 6) is 15.6. The zero-order chi connectivity index (χ0) is 61.2. The third-order valence-electron chi connectivity index (χ3n) is 34.5. The zero-order valence-corrected chi connectivity index (χ0v) is 56.1. The molecule has 15 bridgehead atoms. The lowest BCUT2D eigenvalue weighted by Crippen LogP contribution is -2.78. The number of nitrogens with zero attached hydrogens (tertiary/aromatic N) is 2. The second kappa shape index (κ2) is 19.6. The van der Waals surface area contributed by atoms with Gasteiger partial charge in [0.25, 0.3) is 0 Å². The van der Waals surface area contributed by atoms with E-state index in [1.165, 1.54) is 166 Å². The first-order valence-corrected chi connectivity index (χ1v) is 39.5. The number of aliphatic hydroxyl groups excluding tert-OH is 1. The molecule has 24 unspecified atom stereocenters. The molecule has 3 N–H and O–H groups in total. The van der Waals surface area contributed by atoms with E-state index in [9.17, 15) is 5.11 Å². The van der Waals surface area contributed by atoms with E-state index in [1.807, 2.05) is 0 Å². The molecule has 7 heterocycles. The monoisotopic (exact) mass is 1240 g/mol. The Bertz CT molecular complexity index is 3620. The van der Waals surface area contributed by atoms with E-state index in [-0.39, 0.29) is 52.5 Å². The predicted octanol–water partition coefficient (Wildman–Crippen LogP) is 16.9. The van der Waals surface area contributed by atoms with E-state index in [1.54, 1.807) is 22.4 Å². The molecular weight excluding hydrogens is 1130 g/mol. The fraction of sp³-hybridized carbons (Fsp3) is 0.762. The lowest BCUT2D eigenvalue weighted by molar-refractivity contribution is -0.283. The Balaban J connectivity index is 0.826. The minimum Gasteiger partial charge on any atom is -0.509 e. The van der Waals surface area contributed by atoms with Crippen molar-refractivity contribution in [3.05, 3.63) is 92.6 Å². The van der Waals surface area contributed by atoms with Gasteiger partial charge < -0.3 is 25.2 Å². The van der Waals surface area contributed by atoms with E-state index in [0.717, 1.165) is 74.2 Å². The molecule has 11 fully saturated rings. The van der Waals surface area contributed by atoms with Crippen molar-refractivity contribution >= 4 is 11.9 Å². The van der Waals surface area contributed by atoms with Gasteiger partial charge in [-0.25, -0.2) is 4.79 Å². The van der Waals surface area contributed by atoms with Gasteiger partial charge in [-0.1, -0.05) is 111 Å². The second-order valence-electron chi connectivity index (χ2n) is 37.0. The molecule has 13 aliphatic carbocycles. The number of carbonyl (C=O) groups is 2. The summed E-state index contributed by atoms with van der Waals surface area (Å²) >= 11 is 0. The first kappa shape index (κ1) is 57.1. The lowest BCUT2D eigenvalue weighted by Gasteiger charge is -2.73. The summed E-state index contributed by atoms with van der Waals surface area (Å²) in [5.41, 5.74) is 15.0. The highest BCUT2D eigenvalue weighted by Gasteiger charge is 2.94. The van der Waals surface area contributed by atoms with Gasteiger partial charge in [-0.15, -0.1) is 5.92 Å². The summed E-state index contributed by atoms with van der Waals surface area (Å²) < 4.78 is 15.5. The Morgan fingerprint density at radius 3 is 2.54 bits per heavy atom. The van der Waals surface area contributed by atoms with Crippen LogP contribution in [0.25, 0.3) is 0 Å². The maximum atomic E-state index is 17.5. The highest BCUT2D eigenvalue weighted by molar-refractivity contribution is 6.00. The number of allylic oxidation sites excluding steroid dienone is 6. The molecule has 0 radical (unpaired) electrons. The Kier molecular flexibility index (Phi) is 12.2. The SMILES string of the molecule is CC1CCCC2=CC3CC4C(C)CC5=C6C4C4=C3C37C(=O)OC(=C(O)CC8C9CC%10(CCCC%10)C%10(CCCC%10%11CCCC%11C#CCC%10C%11CC(CN%108)C(CC5)N6C%11)C9)C3(CC4)C3(OC(=O)c4c(CCCN)cccc43)C7CC2C2CCCC3(CCC4C(C=CC43)C1)C2. The number of benzene rings is 1. The molecule has 488 valence electrons. The van der Waals surface area contributed by atoms with Crippen LogP contribution in [0.2, 0.25) is 0 Å².